The molecule has 106 valence electrons. The summed E-state index contributed by atoms with van der Waals surface area (Å²) in [5, 5.41) is 9.81. The lowest BCUT2D eigenvalue weighted by Crippen LogP contribution is -2.06. The molecule has 2 rings (SSSR count). The quantitative estimate of drug-likeness (QED) is 0.776. The molecule has 0 aliphatic carbocycles. The van der Waals surface area contributed by atoms with Crippen molar-refractivity contribution in [1.82, 2.24) is 0 Å². The Morgan fingerprint density at radius 1 is 1.24 bits per heavy atom. The fourth-order valence-corrected chi connectivity index (χ4v) is 2.33. The van der Waals surface area contributed by atoms with Crippen molar-refractivity contribution in [2.45, 2.75) is 12.3 Å². The lowest BCUT2D eigenvalue weighted by Gasteiger charge is -2.10. The van der Waals surface area contributed by atoms with Gasteiger partial charge in [0, 0.05) is 17.0 Å². The predicted molar refractivity (Wildman–Crippen MR) is 81.7 cm³/mol. The van der Waals surface area contributed by atoms with Crippen molar-refractivity contribution < 1.29 is 9.53 Å². The van der Waals surface area contributed by atoms with Crippen molar-refractivity contribution in [3.05, 3.63) is 64.7 Å². The highest BCUT2D eigenvalue weighted by Crippen LogP contribution is 2.27. The van der Waals surface area contributed by atoms with Gasteiger partial charge in [0.05, 0.1) is 19.1 Å². The van der Waals surface area contributed by atoms with E-state index >= 15 is 0 Å². The van der Waals surface area contributed by atoms with Crippen molar-refractivity contribution in [3.63, 3.8) is 0 Å². The Kier molecular flexibility index (Phi) is 4.97. The van der Waals surface area contributed by atoms with Gasteiger partial charge in [0.1, 0.15) is 5.75 Å². The molecule has 0 aliphatic heterocycles. The number of hydrogen-bond donors (Lipinski definition) is 0. The van der Waals surface area contributed by atoms with E-state index in [1.54, 1.807) is 49.6 Å². The Balaban J connectivity index is 2.17. The topological polar surface area (TPSA) is 50.1 Å². The van der Waals surface area contributed by atoms with Crippen LogP contribution < -0.4 is 4.74 Å². The highest BCUT2D eigenvalue weighted by atomic mass is 35.5. The van der Waals surface area contributed by atoms with Gasteiger partial charge in [-0.1, -0.05) is 29.8 Å². The van der Waals surface area contributed by atoms with Gasteiger partial charge in [0.25, 0.3) is 0 Å². The van der Waals surface area contributed by atoms with E-state index in [9.17, 15) is 10.1 Å². The largest absolute Gasteiger partial charge is 0.497 e. The fraction of sp³-hybridized carbons (Fsp3) is 0.176. The second-order valence-corrected chi connectivity index (χ2v) is 4.97. The number of Topliss-reactive ketones (excluding diaryl/α,β-unsaturated/α-hetero) is 1. The number of hydrogen-bond acceptors (Lipinski definition) is 3. The number of nitrogens with zero attached hydrogens (tertiary/aromatic N) is 1. The minimum absolute atomic E-state index is 0.0934. The number of methoxy groups -OCH3 is 1. The number of carbonyl (C=O) groups excluding carboxylic acids is 1. The Bertz CT molecular complexity index is 674. The van der Waals surface area contributed by atoms with E-state index in [-0.39, 0.29) is 12.2 Å². The van der Waals surface area contributed by atoms with Crippen LogP contribution in [0.25, 0.3) is 0 Å². The van der Waals surface area contributed by atoms with E-state index in [1.165, 1.54) is 0 Å². The highest BCUT2D eigenvalue weighted by Gasteiger charge is 2.18. The number of ether oxygens (including phenoxy) is 1. The van der Waals surface area contributed by atoms with Crippen LogP contribution in [0.15, 0.2) is 48.5 Å². The zero-order valence-electron chi connectivity index (χ0n) is 11.5. The summed E-state index contributed by atoms with van der Waals surface area (Å²) in [7, 11) is 1.57. The Hall–Kier alpha value is -2.31. The summed E-state index contributed by atoms with van der Waals surface area (Å²) in [6.07, 6.45) is 0.104. The van der Waals surface area contributed by atoms with Crippen molar-refractivity contribution >= 4 is 17.4 Å². The van der Waals surface area contributed by atoms with E-state index < -0.39 is 5.92 Å². The van der Waals surface area contributed by atoms with Gasteiger partial charge in [-0.25, -0.2) is 0 Å². The molecule has 0 aliphatic rings. The first kappa shape index (κ1) is 15.1. The summed E-state index contributed by atoms with van der Waals surface area (Å²) < 4.78 is 5.06. The van der Waals surface area contributed by atoms with Crippen molar-refractivity contribution in [1.29, 1.82) is 5.26 Å². The first-order chi connectivity index (χ1) is 10.2. The van der Waals surface area contributed by atoms with Crippen LogP contribution in [-0.2, 0) is 0 Å². The van der Waals surface area contributed by atoms with Crippen molar-refractivity contribution in [2.75, 3.05) is 7.11 Å². The third kappa shape index (κ3) is 3.62. The predicted octanol–water partition coefficient (Wildman–Crippen LogP) is 4.23. The minimum Gasteiger partial charge on any atom is -0.497 e. The first-order valence-electron chi connectivity index (χ1n) is 6.47. The molecule has 0 bridgehead atoms. The van der Waals surface area contributed by atoms with E-state index in [1.807, 2.05) is 6.07 Å². The second kappa shape index (κ2) is 6.92. The van der Waals surface area contributed by atoms with Crippen LogP contribution in [0, 0.1) is 11.3 Å². The van der Waals surface area contributed by atoms with Crippen LogP contribution in [0.3, 0.4) is 0 Å². The smallest absolute Gasteiger partial charge is 0.164 e. The number of nitriles is 1. The van der Waals surface area contributed by atoms with Crippen LogP contribution in [0.4, 0.5) is 0 Å². The molecule has 2 aromatic rings. The molecule has 0 N–H and O–H groups in total. The molecule has 2 aromatic carbocycles. The molecule has 0 saturated carbocycles. The maximum Gasteiger partial charge on any atom is 0.164 e. The average molecular weight is 300 g/mol. The lowest BCUT2D eigenvalue weighted by molar-refractivity contribution is 0.0979. The van der Waals surface area contributed by atoms with Gasteiger partial charge < -0.3 is 4.74 Å². The molecule has 3 nitrogen and oxygen atoms in total. The van der Waals surface area contributed by atoms with E-state index in [0.717, 1.165) is 0 Å². The Labute approximate surface area is 128 Å². The lowest BCUT2D eigenvalue weighted by atomic mass is 9.93. The second-order valence-electron chi connectivity index (χ2n) is 4.56. The summed E-state index contributed by atoms with van der Waals surface area (Å²) in [6.45, 7) is 0. The number of rotatable bonds is 5. The Morgan fingerprint density at radius 2 is 1.90 bits per heavy atom. The SMILES string of the molecule is COc1ccc(C(=O)C[C@H](C#N)c2ccccc2Cl)cc1. The van der Waals surface area contributed by atoms with Crippen LogP contribution in [0.2, 0.25) is 5.02 Å². The summed E-state index contributed by atoms with van der Waals surface area (Å²) in [5.74, 6) is 0.0481. The third-order valence-electron chi connectivity index (χ3n) is 3.24. The molecule has 0 spiro atoms. The summed E-state index contributed by atoms with van der Waals surface area (Å²) in [4.78, 5) is 12.3. The zero-order valence-corrected chi connectivity index (χ0v) is 12.3. The zero-order chi connectivity index (χ0) is 15.2. The van der Waals surface area contributed by atoms with Crippen LogP contribution in [0.5, 0.6) is 5.75 Å². The first-order valence-corrected chi connectivity index (χ1v) is 6.84. The van der Waals surface area contributed by atoms with Crippen LogP contribution in [0.1, 0.15) is 28.3 Å². The molecule has 0 unspecified atom stereocenters. The molecule has 0 heterocycles. The molecule has 0 aromatic heterocycles. The maximum atomic E-state index is 12.3. The molecule has 21 heavy (non-hydrogen) atoms. The molecular formula is C17H14ClNO2. The molecule has 0 fully saturated rings. The fourth-order valence-electron chi connectivity index (χ4n) is 2.06. The number of ketones is 1. The van der Waals surface area contributed by atoms with E-state index in [2.05, 4.69) is 6.07 Å². The summed E-state index contributed by atoms with van der Waals surface area (Å²) >= 11 is 6.09. The van der Waals surface area contributed by atoms with Gasteiger partial charge in [0.2, 0.25) is 0 Å². The van der Waals surface area contributed by atoms with E-state index in [4.69, 9.17) is 16.3 Å². The maximum absolute atomic E-state index is 12.3. The van der Waals surface area contributed by atoms with Crippen LogP contribution >= 0.6 is 11.6 Å². The molecule has 0 saturated heterocycles. The summed E-state index contributed by atoms with van der Waals surface area (Å²) in [5.41, 5.74) is 1.24. The molecule has 0 radical (unpaired) electrons. The summed E-state index contributed by atoms with van der Waals surface area (Å²) in [6, 6.07) is 16.1. The number of halogens is 1. The van der Waals surface area contributed by atoms with Gasteiger partial charge in [-0.15, -0.1) is 0 Å². The van der Waals surface area contributed by atoms with E-state index in [0.29, 0.717) is 21.9 Å². The standard InChI is InChI=1S/C17H14ClNO2/c1-21-14-8-6-12(7-9-14)17(20)10-13(11-19)15-4-2-3-5-16(15)18/h2-9,13H,10H2,1H3/t13-/m1/s1. The van der Waals surface area contributed by atoms with Gasteiger partial charge in [-0.3, -0.25) is 4.79 Å². The molecule has 1 atom stereocenters. The normalized spacial score (nSPS) is 11.5. The third-order valence-corrected chi connectivity index (χ3v) is 3.58. The average Bonchev–Trinajstić information content (AvgIpc) is 2.53. The molecular weight excluding hydrogens is 286 g/mol. The monoisotopic (exact) mass is 299 g/mol. The molecule has 4 heteroatoms. The van der Waals surface area contributed by atoms with Gasteiger partial charge in [0.15, 0.2) is 5.78 Å². The minimum atomic E-state index is -0.548. The van der Waals surface area contributed by atoms with Crippen molar-refractivity contribution in [3.8, 4) is 11.8 Å². The number of benzene rings is 2. The van der Waals surface area contributed by atoms with Crippen molar-refractivity contribution in [2.24, 2.45) is 0 Å². The van der Waals surface area contributed by atoms with Gasteiger partial charge in [-0.05, 0) is 35.9 Å². The van der Waals surface area contributed by atoms with Crippen LogP contribution in [-0.4, -0.2) is 12.9 Å². The molecule has 0 amide bonds. The number of carbonyl (C=O) groups is 1. The Morgan fingerprint density at radius 3 is 2.48 bits per heavy atom. The van der Waals surface area contributed by atoms with Gasteiger partial charge >= 0.3 is 0 Å². The van der Waals surface area contributed by atoms with Gasteiger partial charge in [-0.2, -0.15) is 5.26 Å². The highest BCUT2D eigenvalue weighted by molar-refractivity contribution is 6.31.